The second-order valence-corrected chi connectivity index (χ2v) is 6.81. The van der Waals surface area contributed by atoms with Crippen LogP contribution in [-0.4, -0.2) is 47.3 Å². The lowest BCUT2D eigenvalue weighted by molar-refractivity contribution is -0.140. The van der Waals surface area contributed by atoms with Gasteiger partial charge in [-0.15, -0.1) is 0 Å². The van der Waals surface area contributed by atoms with Crippen molar-refractivity contribution in [2.75, 3.05) is 13.2 Å². The first-order valence-electron chi connectivity index (χ1n) is 8.53. The van der Waals surface area contributed by atoms with Gasteiger partial charge < -0.3 is 30.7 Å². The fraction of sp³-hybridized carbons (Fsp3) is 0.211. The lowest BCUT2D eigenvalue weighted by atomic mass is 10.1. The van der Waals surface area contributed by atoms with Gasteiger partial charge in [-0.2, -0.15) is 0 Å². The van der Waals surface area contributed by atoms with Gasteiger partial charge in [0.2, 0.25) is 5.91 Å². The van der Waals surface area contributed by atoms with E-state index in [-0.39, 0.29) is 40.3 Å². The minimum Gasteiger partial charge on any atom is -0.508 e. The highest BCUT2D eigenvalue weighted by atomic mass is 35.5. The molecule has 0 aliphatic rings. The van der Waals surface area contributed by atoms with E-state index >= 15 is 0 Å². The Kier molecular flexibility index (Phi) is 8.14. The van der Waals surface area contributed by atoms with Crippen LogP contribution in [0.2, 0.25) is 10.0 Å². The van der Waals surface area contributed by atoms with E-state index in [4.69, 9.17) is 43.5 Å². The predicted molar refractivity (Wildman–Crippen MR) is 108 cm³/mol. The number of halogens is 2. The summed E-state index contributed by atoms with van der Waals surface area (Å²) < 4.78 is 10.9. The Labute approximate surface area is 181 Å². The fourth-order valence-electron chi connectivity index (χ4n) is 2.37. The van der Waals surface area contributed by atoms with Gasteiger partial charge in [0.15, 0.2) is 0 Å². The molecule has 11 heteroatoms. The van der Waals surface area contributed by atoms with E-state index in [2.05, 4.69) is 5.32 Å². The Bertz CT molecular complexity index is 929. The van der Waals surface area contributed by atoms with Crippen molar-refractivity contribution in [2.24, 2.45) is 5.73 Å². The molecular weight excluding hydrogens is 439 g/mol. The molecule has 0 unspecified atom stereocenters. The molecule has 0 spiro atoms. The number of aliphatic carboxylic acids is 1. The van der Waals surface area contributed by atoms with Gasteiger partial charge >= 0.3 is 5.97 Å². The van der Waals surface area contributed by atoms with Gasteiger partial charge in [-0.1, -0.05) is 29.3 Å². The number of primary amides is 1. The second-order valence-electron chi connectivity index (χ2n) is 5.99. The Morgan fingerprint density at radius 2 is 1.63 bits per heavy atom. The number of phenolic OH excluding ortho intramolecular Hbond substituents is 1. The highest BCUT2D eigenvalue weighted by molar-refractivity contribution is 6.40. The minimum atomic E-state index is -1.52. The molecule has 160 valence electrons. The van der Waals surface area contributed by atoms with Crippen molar-refractivity contribution in [3.63, 3.8) is 0 Å². The van der Waals surface area contributed by atoms with E-state index in [0.717, 1.165) is 0 Å². The largest absolute Gasteiger partial charge is 0.508 e. The predicted octanol–water partition coefficient (Wildman–Crippen LogP) is 2.22. The maximum atomic E-state index is 12.4. The average Bonchev–Trinajstić information content (AvgIpc) is 2.64. The van der Waals surface area contributed by atoms with Crippen LogP contribution in [-0.2, 0) is 9.59 Å². The third-order valence-corrected chi connectivity index (χ3v) is 4.29. The number of amides is 2. The molecule has 0 aliphatic carbocycles. The van der Waals surface area contributed by atoms with Crippen LogP contribution in [0, 0.1) is 0 Å². The SMILES string of the molecule is NC(=O)C[C@H](NC(=O)c1c(Cl)cc(OCCOc2cccc(O)c2)cc1Cl)C(=O)O. The summed E-state index contributed by atoms with van der Waals surface area (Å²) >= 11 is 12.2. The van der Waals surface area contributed by atoms with Crippen LogP contribution in [0.1, 0.15) is 16.8 Å². The topological polar surface area (TPSA) is 148 Å². The molecule has 2 amide bonds. The Hall–Kier alpha value is -3.17. The van der Waals surface area contributed by atoms with E-state index in [0.29, 0.717) is 5.75 Å². The molecular formula is C19H18Cl2N2O7. The van der Waals surface area contributed by atoms with E-state index in [1.54, 1.807) is 12.1 Å². The summed E-state index contributed by atoms with van der Waals surface area (Å²) in [6.07, 6.45) is -0.587. The summed E-state index contributed by atoms with van der Waals surface area (Å²) in [4.78, 5) is 34.5. The summed E-state index contributed by atoms with van der Waals surface area (Å²) in [5.74, 6) is -2.41. The highest BCUT2D eigenvalue weighted by Gasteiger charge is 2.25. The van der Waals surface area contributed by atoms with Crippen molar-refractivity contribution in [3.8, 4) is 17.2 Å². The zero-order valence-electron chi connectivity index (χ0n) is 15.4. The van der Waals surface area contributed by atoms with E-state index in [1.165, 1.54) is 24.3 Å². The molecule has 2 aromatic carbocycles. The molecule has 0 bridgehead atoms. The standard InChI is InChI=1S/C19H18Cl2N2O7/c20-13-7-12(30-5-4-29-11-3-1-2-10(24)6-11)8-14(21)17(13)18(26)23-15(19(27)28)9-16(22)25/h1-3,6-8,15,24H,4-5,9H2,(H2,22,25)(H,23,26)(H,27,28)/t15-/m0/s1. The maximum Gasteiger partial charge on any atom is 0.326 e. The normalized spacial score (nSPS) is 11.4. The molecule has 0 aliphatic heterocycles. The van der Waals surface area contributed by atoms with Gasteiger partial charge in [0.1, 0.15) is 36.5 Å². The van der Waals surface area contributed by atoms with Crippen LogP contribution in [0.3, 0.4) is 0 Å². The molecule has 0 fully saturated rings. The third-order valence-electron chi connectivity index (χ3n) is 3.69. The number of rotatable bonds is 10. The van der Waals surface area contributed by atoms with Gasteiger partial charge in [0, 0.05) is 6.07 Å². The van der Waals surface area contributed by atoms with Crippen LogP contribution in [0.25, 0.3) is 0 Å². The van der Waals surface area contributed by atoms with Gasteiger partial charge in [-0.05, 0) is 24.3 Å². The molecule has 5 N–H and O–H groups in total. The smallest absolute Gasteiger partial charge is 0.326 e. The number of aromatic hydroxyl groups is 1. The van der Waals surface area contributed by atoms with Crippen molar-refractivity contribution in [3.05, 3.63) is 52.0 Å². The number of carbonyl (C=O) groups excluding carboxylic acids is 2. The monoisotopic (exact) mass is 456 g/mol. The molecule has 30 heavy (non-hydrogen) atoms. The van der Waals surface area contributed by atoms with E-state index < -0.39 is 30.2 Å². The second kappa shape index (κ2) is 10.6. The number of carboxylic acids is 1. The van der Waals surface area contributed by atoms with Crippen molar-refractivity contribution < 1.29 is 34.1 Å². The molecule has 0 aromatic heterocycles. The zero-order valence-corrected chi connectivity index (χ0v) is 16.9. The summed E-state index contributed by atoms with van der Waals surface area (Å²) in [6.45, 7) is 0.280. The number of carboxylic acid groups (broad SMARTS) is 1. The van der Waals surface area contributed by atoms with E-state index in [1.807, 2.05) is 0 Å². The molecule has 0 saturated heterocycles. The van der Waals surface area contributed by atoms with Crippen molar-refractivity contribution in [1.82, 2.24) is 5.32 Å². The number of benzene rings is 2. The lowest BCUT2D eigenvalue weighted by Gasteiger charge is -2.15. The molecule has 0 radical (unpaired) electrons. The average molecular weight is 457 g/mol. The molecule has 0 saturated carbocycles. The molecule has 2 rings (SSSR count). The summed E-state index contributed by atoms with van der Waals surface area (Å²) in [7, 11) is 0. The molecule has 9 nitrogen and oxygen atoms in total. The summed E-state index contributed by atoms with van der Waals surface area (Å²) in [5, 5.41) is 20.5. The Morgan fingerprint density at radius 1 is 1.03 bits per heavy atom. The first-order chi connectivity index (χ1) is 14.2. The third kappa shape index (κ3) is 6.71. The Morgan fingerprint density at radius 3 is 2.17 bits per heavy atom. The van der Waals surface area contributed by atoms with Gasteiger partial charge in [-0.3, -0.25) is 9.59 Å². The van der Waals surface area contributed by atoms with E-state index in [9.17, 15) is 19.5 Å². The van der Waals surface area contributed by atoms with Gasteiger partial charge in [0.25, 0.3) is 5.91 Å². The number of nitrogens with one attached hydrogen (secondary N) is 1. The summed E-state index contributed by atoms with van der Waals surface area (Å²) in [5.41, 5.74) is 4.81. The minimum absolute atomic E-state index is 0.0711. The van der Waals surface area contributed by atoms with Crippen LogP contribution >= 0.6 is 23.2 Å². The molecule has 0 heterocycles. The number of hydrogen-bond donors (Lipinski definition) is 4. The maximum absolute atomic E-state index is 12.4. The number of hydrogen-bond acceptors (Lipinski definition) is 6. The lowest BCUT2D eigenvalue weighted by Crippen LogP contribution is -2.43. The first kappa shape index (κ1) is 23.1. The van der Waals surface area contributed by atoms with Gasteiger partial charge in [0.05, 0.1) is 22.0 Å². The van der Waals surface area contributed by atoms with Crippen molar-refractivity contribution >= 4 is 41.0 Å². The molecule has 1 atom stereocenters. The zero-order chi connectivity index (χ0) is 22.3. The number of nitrogens with two attached hydrogens (primary N) is 1. The van der Waals surface area contributed by atoms with Crippen molar-refractivity contribution in [1.29, 1.82) is 0 Å². The highest BCUT2D eigenvalue weighted by Crippen LogP contribution is 2.30. The Balaban J connectivity index is 1.99. The quantitative estimate of drug-likeness (QED) is 0.400. The summed E-state index contributed by atoms with van der Waals surface area (Å²) in [6, 6.07) is 7.41. The number of ether oxygens (including phenoxy) is 2. The fourth-order valence-corrected chi connectivity index (χ4v) is 3.01. The van der Waals surface area contributed by atoms with Crippen LogP contribution in [0.15, 0.2) is 36.4 Å². The van der Waals surface area contributed by atoms with Crippen molar-refractivity contribution in [2.45, 2.75) is 12.5 Å². The van der Waals surface area contributed by atoms with Gasteiger partial charge in [-0.25, -0.2) is 4.79 Å². The van der Waals surface area contributed by atoms with Crippen LogP contribution in [0.4, 0.5) is 0 Å². The first-order valence-corrected chi connectivity index (χ1v) is 9.28. The number of phenols is 1. The molecule has 2 aromatic rings. The van der Waals surface area contributed by atoms with Crippen LogP contribution < -0.4 is 20.5 Å². The number of carbonyl (C=O) groups is 3. The van der Waals surface area contributed by atoms with Crippen LogP contribution in [0.5, 0.6) is 17.2 Å².